The number of hydrogen-bond donors (Lipinski definition) is 1. The predicted molar refractivity (Wildman–Crippen MR) is 114 cm³/mol. The Morgan fingerprint density at radius 1 is 1.13 bits per heavy atom. The van der Waals surface area contributed by atoms with E-state index >= 15 is 0 Å². The molecule has 1 fully saturated rings. The third kappa shape index (κ3) is 2.98. The van der Waals surface area contributed by atoms with E-state index in [9.17, 15) is 4.79 Å². The second-order valence-corrected chi connectivity index (χ2v) is 7.59. The predicted octanol–water partition coefficient (Wildman–Crippen LogP) is 2.56. The maximum Gasteiger partial charge on any atom is 0.284 e. The van der Waals surface area contributed by atoms with Crippen LogP contribution in [-0.2, 0) is 0 Å². The van der Waals surface area contributed by atoms with Gasteiger partial charge in [-0.2, -0.15) is 20.1 Å². The van der Waals surface area contributed by atoms with Crippen molar-refractivity contribution in [1.82, 2.24) is 29.1 Å². The molecule has 3 aromatic heterocycles. The van der Waals surface area contributed by atoms with Gasteiger partial charge in [-0.15, -0.1) is 0 Å². The van der Waals surface area contributed by atoms with E-state index in [0.29, 0.717) is 28.1 Å². The molecule has 4 heterocycles. The van der Waals surface area contributed by atoms with Gasteiger partial charge in [0.05, 0.1) is 16.8 Å². The van der Waals surface area contributed by atoms with Crippen molar-refractivity contribution in [3.63, 3.8) is 0 Å². The highest BCUT2D eigenvalue weighted by Gasteiger charge is 2.33. The molecule has 1 aromatic carbocycles. The number of aryl methyl sites for hydroxylation is 1. The smallest absolute Gasteiger partial charge is 0.284 e. The maximum atomic E-state index is 13.5. The van der Waals surface area contributed by atoms with Crippen LogP contribution in [0, 0.1) is 6.92 Å². The summed E-state index contributed by atoms with van der Waals surface area (Å²) in [6.45, 7) is 2.50. The van der Waals surface area contributed by atoms with Crippen LogP contribution in [0.3, 0.4) is 0 Å². The molecule has 0 amide bonds. The molecule has 0 unspecified atom stereocenters. The summed E-state index contributed by atoms with van der Waals surface area (Å²) in [5.41, 5.74) is 6.70. The Kier molecular flexibility index (Phi) is 4.39. The van der Waals surface area contributed by atoms with Gasteiger partial charge in [-0.05, 0) is 38.0 Å². The molecular weight excluding hydrogens is 404 g/mol. The second-order valence-electron chi connectivity index (χ2n) is 7.18. The Balaban J connectivity index is 1.74. The van der Waals surface area contributed by atoms with Crippen molar-refractivity contribution in [2.75, 3.05) is 17.2 Å². The van der Waals surface area contributed by atoms with Crippen molar-refractivity contribution in [1.29, 1.82) is 0 Å². The molecule has 0 saturated carbocycles. The average Bonchev–Trinajstić information content (AvgIpc) is 3.35. The fraction of sp³-hybridized carbons (Fsp3) is 0.250. The largest absolute Gasteiger partial charge is 0.368 e. The van der Waals surface area contributed by atoms with Crippen LogP contribution in [0.25, 0.3) is 11.2 Å². The molecular formula is C20H19ClN8O. The number of hydrogen-bond acceptors (Lipinski definition) is 7. The van der Waals surface area contributed by atoms with Crippen LogP contribution in [0.15, 0.2) is 47.4 Å². The Morgan fingerprint density at radius 2 is 1.93 bits per heavy atom. The van der Waals surface area contributed by atoms with E-state index in [1.54, 1.807) is 28.3 Å². The molecule has 1 aliphatic rings. The van der Waals surface area contributed by atoms with Gasteiger partial charge in [0.15, 0.2) is 5.82 Å². The lowest BCUT2D eigenvalue weighted by atomic mass is 10.2. The molecule has 152 valence electrons. The van der Waals surface area contributed by atoms with Gasteiger partial charge in [-0.1, -0.05) is 29.8 Å². The summed E-state index contributed by atoms with van der Waals surface area (Å²) in [6.07, 6.45) is 3.40. The lowest BCUT2D eigenvalue weighted by molar-refractivity contribution is 0.596. The number of nitrogens with zero attached hydrogens (tertiary/aromatic N) is 7. The highest BCUT2D eigenvalue weighted by atomic mass is 35.5. The molecule has 10 heteroatoms. The van der Waals surface area contributed by atoms with Gasteiger partial charge < -0.3 is 10.6 Å². The number of rotatable bonds is 3. The molecule has 0 radical (unpaired) electrons. The number of aromatic nitrogens is 6. The van der Waals surface area contributed by atoms with Crippen LogP contribution in [0.5, 0.6) is 0 Å². The molecule has 30 heavy (non-hydrogen) atoms. The van der Waals surface area contributed by atoms with E-state index in [1.165, 1.54) is 0 Å². The summed E-state index contributed by atoms with van der Waals surface area (Å²) in [7, 11) is 0. The molecule has 9 nitrogen and oxygen atoms in total. The normalized spacial score (nSPS) is 16.5. The van der Waals surface area contributed by atoms with Crippen molar-refractivity contribution >= 4 is 29.0 Å². The van der Waals surface area contributed by atoms with Crippen LogP contribution in [0.4, 0.5) is 11.9 Å². The van der Waals surface area contributed by atoms with Crippen molar-refractivity contribution in [2.45, 2.75) is 25.8 Å². The quantitative estimate of drug-likeness (QED) is 0.540. The molecule has 4 aromatic rings. The molecule has 1 saturated heterocycles. The van der Waals surface area contributed by atoms with E-state index in [0.717, 1.165) is 25.1 Å². The van der Waals surface area contributed by atoms with Crippen LogP contribution in [0.1, 0.15) is 30.5 Å². The first-order valence-corrected chi connectivity index (χ1v) is 10.0. The van der Waals surface area contributed by atoms with Gasteiger partial charge in [0.1, 0.15) is 11.3 Å². The Bertz CT molecular complexity index is 1280. The first-order chi connectivity index (χ1) is 14.5. The first-order valence-electron chi connectivity index (χ1n) is 9.63. The summed E-state index contributed by atoms with van der Waals surface area (Å²) < 4.78 is 3.17. The SMILES string of the molecule is Cc1nc(N)nc(N2CCC[C@H]2c2nn3ccc(Cl)c3c(=O)n2-c2ccccc2)n1. The number of para-hydroxylation sites is 1. The van der Waals surface area contributed by atoms with E-state index < -0.39 is 0 Å². The van der Waals surface area contributed by atoms with Gasteiger partial charge in [-0.25, -0.2) is 4.52 Å². The minimum Gasteiger partial charge on any atom is -0.368 e. The number of nitrogens with two attached hydrogens (primary N) is 1. The Hall–Kier alpha value is -3.46. The minimum atomic E-state index is -0.223. The number of fused-ring (bicyclic) bond motifs is 1. The zero-order valence-corrected chi connectivity index (χ0v) is 17.0. The average molecular weight is 423 g/mol. The fourth-order valence-electron chi connectivity index (χ4n) is 3.98. The summed E-state index contributed by atoms with van der Waals surface area (Å²) in [4.78, 5) is 28.4. The molecule has 2 N–H and O–H groups in total. The van der Waals surface area contributed by atoms with E-state index in [1.807, 2.05) is 35.2 Å². The van der Waals surface area contributed by atoms with Crippen LogP contribution < -0.4 is 16.2 Å². The van der Waals surface area contributed by atoms with E-state index in [2.05, 4.69) is 15.0 Å². The van der Waals surface area contributed by atoms with Crippen molar-refractivity contribution in [3.8, 4) is 5.69 Å². The van der Waals surface area contributed by atoms with E-state index in [4.69, 9.17) is 22.4 Å². The highest BCUT2D eigenvalue weighted by molar-refractivity contribution is 6.33. The molecule has 1 aliphatic heterocycles. The standard InChI is InChI=1S/C20H19ClN8O/c1-12-23-19(22)25-20(24-12)27-10-5-8-15(27)17-26-28-11-9-14(21)16(28)18(30)29(17)13-6-3-2-4-7-13/h2-4,6-7,9,11,15H,5,8,10H2,1H3,(H2,22,23,24,25)/t15-/m0/s1. The van der Waals surface area contributed by atoms with Crippen molar-refractivity contribution in [2.24, 2.45) is 0 Å². The van der Waals surface area contributed by atoms with Crippen molar-refractivity contribution < 1.29 is 0 Å². The second kappa shape index (κ2) is 7.10. The van der Waals surface area contributed by atoms with Gasteiger partial charge in [0.25, 0.3) is 5.56 Å². The summed E-state index contributed by atoms with van der Waals surface area (Å²) >= 11 is 6.28. The number of anilines is 2. The topological polar surface area (TPSA) is 107 Å². The van der Waals surface area contributed by atoms with Gasteiger partial charge in [0.2, 0.25) is 11.9 Å². The lowest BCUT2D eigenvalue weighted by Gasteiger charge is -2.26. The lowest BCUT2D eigenvalue weighted by Crippen LogP contribution is -2.33. The fourth-order valence-corrected chi connectivity index (χ4v) is 4.20. The maximum absolute atomic E-state index is 13.5. The third-order valence-corrected chi connectivity index (χ3v) is 5.54. The third-order valence-electron chi connectivity index (χ3n) is 5.24. The Morgan fingerprint density at radius 3 is 2.70 bits per heavy atom. The molecule has 5 rings (SSSR count). The van der Waals surface area contributed by atoms with Crippen LogP contribution >= 0.6 is 11.6 Å². The number of halogens is 1. The summed E-state index contributed by atoms with van der Waals surface area (Å²) in [5.74, 6) is 1.80. The highest BCUT2D eigenvalue weighted by Crippen LogP contribution is 2.34. The number of nitrogen functional groups attached to an aromatic ring is 1. The Labute approximate surface area is 176 Å². The van der Waals surface area contributed by atoms with E-state index in [-0.39, 0.29) is 17.5 Å². The van der Waals surface area contributed by atoms with Gasteiger partial charge in [0, 0.05) is 12.7 Å². The molecule has 0 bridgehead atoms. The number of benzene rings is 1. The molecule has 1 atom stereocenters. The summed E-state index contributed by atoms with van der Waals surface area (Å²) in [5, 5.41) is 5.16. The van der Waals surface area contributed by atoms with Gasteiger partial charge in [-0.3, -0.25) is 9.36 Å². The summed E-state index contributed by atoms with van der Waals surface area (Å²) in [6, 6.07) is 10.9. The van der Waals surface area contributed by atoms with Crippen molar-refractivity contribution in [3.05, 3.63) is 69.6 Å². The van der Waals surface area contributed by atoms with Crippen LogP contribution in [0.2, 0.25) is 5.02 Å². The zero-order chi connectivity index (χ0) is 20.8. The zero-order valence-electron chi connectivity index (χ0n) is 16.2. The monoisotopic (exact) mass is 422 g/mol. The first kappa shape index (κ1) is 18.6. The minimum absolute atomic E-state index is 0.171. The van der Waals surface area contributed by atoms with Crippen LogP contribution in [-0.4, -0.2) is 35.7 Å². The van der Waals surface area contributed by atoms with Gasteiger partial charge >= 0.3 is 0 Å². The molecule has 0 spiro atoms. The molecule has 0 aliphatic carbocycles.